The average molecular weight is 409 g/mol. The number of para-hydroxylation sites is 1. The molecule has 0 saturated carbocycles. The van der Waals surface area contributed by atoms with Crippen LogP contribution in [0.25, 0.3) is 10.9 Å². The molecule has 160 valence electrons. The fourth-order valence-electron chi connectivity index (χ4n) is 5.12. The standard InChI is InChI=1S/C25H32N2O3/c1-16-10-9-11-17(2)27(16)24(28)18(3)30-25(29)23-19-12-5-4-6-14-21(19)26-22-15-8-7-13-20(22)23/h7-8,13,15-18H,4-6,9-12,14H2,1-3H3/t16-,17-,18-/m1/s1. The van der Waals surface area contributed by atoms with E-state index in [-0.39, 0.29) is 18.0 Å². The van der Waals surface area contributed by atoms with Gasteiger partial charge in [-0.05, 0) is 77.3 Å². The highest BCUT2D eigenvalue weighted by molar-refractivity contribution is 6.05. The number of hydrogen-bond acceptors (Lipinski definition) is 4. The summed E-state index contributed by atoms with van der Waals surface area (Å²) >= 11 is 0. The number of rotatable bonds is 3. The molecular formula is C25H32N2O3. The molecule has 1 aromatic carbocycles. The second-order valence-electron chi connectivity index (χ2n) is 8.91. The molecule has 4 rings (SSSR count). The van der Waals surface area contributed by atoms with E-state index in [1.807, 2.05) is 29.2 Å². The first-order valence-corrected chi connectivity index (χ1v) is 11.4. The van der Waals surface area contributed by atoms with Gasteiger partial charge < -0.3 is 9.64 Å². The number of carbonyl (C=O) groups excluding carboxylic acids is 2. The minimum absolute atomic E-state index is 0.0903. The summed E-state index contributed by atoms with van der Waals surface area (Å²) in [6, 6.07) is 8.11. The maximum atomic E-state index is 13.4. The molecule has 2 heterocycles. The van der Waals surface area contributed by atoms with E-state index in [0.29, 0.717) is 5.56 Å². The summed E-state index contributed by atoms with van der Waals surface area (Å²) in [7, 11) is 0. The maximum Gasteiger partial charge on any atom is 0.339 e. The third-order valence-electron chi connectivity index (χ3n) is 6.70. The lowest BCUT2D eigenvalue weighted by Gasteiger charge is -2.40. The number of likely N-dealkylation sites (tertiary alicyclic amines) is 1. The number of ether oxygens (including phenoxy) is 1. The summed E-state index contributed by atoms with van der Waals surface area (Å²) < 4.78 is 5.81. The Kier molecular flexibility index (Phi) is 6.07. The molecule has 0 spiro atoms. The summed E-state index contributed by atoms with van der Waals surface area (Å²) in [6.07, 6.45) is 7.33. The maximum absolute atomic E-state index is 13.4. The van der Waals surface area contributed by atoms with Crippen molar-refractivity contribution >= 4 is 22.8 Å². The Hall–Kier alpha value is -2.43. The zero-order valence-corrected chi connectivity index (χ0v) is 18.3. The number of aryl methyl sites for hydroxylation is 1. The van der Waals surface area contributed by atoms with Crippen LogP contribution in [-0.2, 0) is 22.4 Å². The quantitative estimate of drug-likeness (QED) is 0.539. The van der Waals surface area contributed by atoms with Crippen molar-refractivity contribution in [1.82, 2.24) is 9.88 Å². The van der Waals surface area contributed by atoms with Crippen molar-refractivity contribution in [3.63, 3.8) is 0 Å². The number of piperidine rings is 1. The SMILES string of the molecule is C[C@@H]1CCC[C@@H](C)N1C(=O)[C@@H](C)OC(=O)c1c2c(nc3ccccc13)CCCCC2. The van der Waals surface area contributed by atoms with Crippen LogP contribution in [0.5, 0.6) is 0 Å². The molecule has 0 unspecified atom stereocenters. The number of amides is 1. The van der Waals surface area contributed by atoms with Crippen LogP contribution in [0.15, 0.2) is 24.3 Å². The minimum Gasteiger partial charge on any atom is -0.449 e. The lowest BCUT2D eigenvalue weighted by atomic mass is 9.96. The number of esters is 1. The van der Waals surface area contributed by atoms with Gasteiger partial charge in [0.05, 0.1) is 11.1 Å². The topological polar surface area (TPSA) is 59.5 Å². The van der Waals surface area contributed by atoms with Crippen molar-refractivity contribution in [2.24, 2.45) is 0 Å². The number of pyridine rings is 1. The summed E-state index contributed by atoms with van der Waals surface area (Å²) in [5.74, 6) is -0.489. The van der Waals surface area contributed by atoms with E-state index < -0.39 is 12.1 Å². The minimum atomic E-state index is -0.797. The van der Waals surface area contributed by atoms with Gasteiger partial charge in [-0.1, -0.05) is 24.6 Å². The van der Waals surface area contributed by atoms with E-state index in [9.17, 15) is 9.59 Å². The number of benzene rings is 1. The van der Waals surface area contributed by atoms with Gasteiger partial charge >= 0.3 is 5.97 Å². The largest absolute Gasteiger partial charge is 0.449 e. The molecule has 5 nitrogen and oxygen atoms in total. The average Bonchev–Trinajstić information content (AvgIpc) is 2.96. The molecule has 1 amide bonds. The van der Waals surface area contributed by atoms with Crippen LogP contribution < -0.4 is 0 Å². The Labute approximate surface area is 178 Å². The number of fused-ring (bicyclic) bond motifs is 2. The molecule has 1 aliphatic heterocycles. The molecule has 30 heavy (non-hydrogen) atoms. The fourth-order valence-corrected chi connectivity index (χ4v) is 5.12. The van der Waals surface area contributed by atoms with E-state index in [4.69, 9.17) is 9.72 Å². The second kappa shape index (κ2) is 8.75. The Balaban J connectivity index is 1.64. The predicted octanol–water partition coefficient (Wildman–Crippen LogP) is 4.84. The second-order valence-corrected chi connectivity index (χ2v) is 8.91. The molecule has 1 saturated heterocycles. The molecule has 2 aliphatic rings. The molecule has 1 aromatic heterocycles. The van der Waals surface area contributed by atoms with Crippen LogP contribution >= 0.6 is 0 Å². The molecule has 1 fully saturated rings. The molecule has 2 aromatic rings. The predicted molar refractivity (Wildman–Crippen MR) is 118 cm³/mol. The Morgan fingerprint density at radius 2 is 1.73 bits per heavy atom. The monoisotopic (exact) mass is 408 g/mol. The van der Waals surface area contributed by atoms with Crippen LogP contribution in [0.1, 0.15) is 80.9 Å². The summed E-state index contributed by atoms with van der Waals surface area (Å²) in [5.41, 5.74) is 3.45. The summed E-state index contributed by atoms with van der Waals surface area (Å²) in [6.45, 7) is 5.87. The molecule has 5 heteroatoms. The first-order chi connectivity index (χ1) is 14.5. The van der Waals surface area contributed by atoms with Crippen molar-refractivity contribution in [3.05, 3.63) is 41.1 Å². The van der Waals surface area contributed by atoms with Gasteiger partial charge in [-0.3, -0.25) is 9.78 Å². The molecule has 3 atom stereocenters. The highest BCUT2D eigenvalue weighted by Crippen LogP contribution is 2.30. The van der Waals surface area contributed by atoms with Gasteiger partial charge in [0, 0.05) is 23.2 Å². The highest BCUT2D eigenvalue weighted by atomic mass is 16.5. The van der Waals surface area contributed by atoms with Gasteiger partial charge in [0.15, 0.2) is 6.10 Å². The zero-order chi connectivity index (χ0) is 21.3. The Morgan fingerprint density at radius 3 is 2.50 bits per heavy atom. The Bertz CT molecular complexity index is 945. The lowest BCUT2D eigenvalue weighted by Crippen LogP contribution is -2.51. The number of carbonyl (C=O) groups is 2. The van der Waals surface area contributed by atoms with Crippen molar-refractivity contribution in [1.29, 1.82) is 0 Å². The normalized spacial score (nSPS) is 22.8. The zero-order valence-electron chi connectivity index (χ0n) is 18.3. The van der Waals surface area contributed by atoms with Gasteiger partial charge in [-0.2, -0.15) is 0 Å². The lowest BCUT2D eigenvalue weighted by molar-refractivity contribution is -0.146. The van der Waals surface area contributed by atoms with Crippen LogP contribution in [0.3, 0.4) is 0 Å². The fraction of sp³-hybridized carbons (Fsp3) is 0.560. The summed E-state index contributed by atoms with van der Waals surface area (Å²) in [4.78, 5) is 33.3. The van der Waals surface area contributed by atoms with Gasteiger partial charge in [-0.15, -0.1) is 0 Å². The smallest absolute Gasteiger partial charge is 0.339 e. The number of hydrogen-bond donors (Lipinski definition) is 0. The first kappa shape index (κ1) is 20.8. The van der Waals surface area contributed by atoms with Crippen LogP contribution in [0.2, 0.25) is 0 Å². The van der Waals surface area contributed by atoms with Crippen LogP contribution in [0.4, 0.5) is 0 Å². The third kappa shape index (κ3) is 3.94. The van der Waals surface area contributed by atoms with Gasteiger partial charge in [0.25, 0.3) is 5.91 Å². The number of aromatic nitrogens is 1. The molecular weight excluding hydrogens is 376 g/mol. The van der Waals surface area contributed by atoms with Gasteiger partial charge in [0.1, 0.15) is 0 Å². The first-order valence-electron chi connectivity index (χ1n) is 11.4. The highest BCUT2D eigenvalue weighted by Gasteiger charge is 2.34. The van der Waals surface area contributed by atoms with Crippen molar-refractivity contribution in [2.75, 3.05) is 0 Å². The van der Waals surface area contributed by atoms with E-state index in [1.165, 1.54) is 0 Å². The molecule has 0 bridgehead atoms. The van der Waals surface area contributed by atoms with E-state index in [2.05, 4.69) is 13.8 Å². The van der Waals surface area contributed by atoms with Gasteiger partial charge in [0.2, 0.25) is 0 Å². The van der Waals surface area contributed by atoms with Crippen molar-refractivity contribution in [2.45, 2.75) is 90.3 Å². The molecule has 0 N–H and O–H groups in total. The Morgan fingerprint density at radius 1 is 1.03 bits per heavy atom. The van der Waals surface area contributed by atoms with E-state index >= 15 is 0 Å². The van der Waals surface area contributed by atoms with Gasteiger partial charge in [-0.25, -0.2) is 4.79 Å². The van der Waals surface area contributed by atoms with E-state index in [0.717, 1.165) is 73.5 Å². The third-order valence-corrected chi connectivity index (χ3v) is 6.70. The van der Waals surface area contributed by atoms with Crippen molar-refractivity contribution in [3.8, 4) is 0 Å². The van der Waals surface area contributed by atoms with Crippen molar-refractivity contribution < 1.29 is 14.3 Å². The summed E-state index contributed by atoms with van der Waals surface area (Å²) in [5, 5.41) is 0.822. The molecule has 0 radical (unpaired) electrons. The van der Waals surface area contributed by atoms with Crippen LogP contribution in [-0.4, -0.2) is 39.9 Å². The van der Waals surface area contributed by atoms with Crippen LogP contribution in [0, 0.1) is 0 Å². The van der Waals surface area contributed by atoms with E-state index in [1.54, 1.807) is 6.92 Å². The molecule has 1 aliphatic carbocycles. The number of nitrogens with zero attached hydrogens (tertiary/aromatic N) is 2.